The lowest BCUT2D eigenvalue weighted by molar-refractivity contribution is 0.186. The lowest BCUT2D eigenvalue weighted by Crippen LogP contribution is -2.33. The van der Waals surface area contributed by atoms with Crippen molar-refractivity contribution in [3.05, 3.63) is 48.4 Å². The van der Waals surface area contributed by atoms with Crippen molar-refractivity contribution < 1.29 is 14.3 Å². The van der Waals surface area contributed by atoms with Gasteiger partial charge in [0.1, 0.15) is 17.1 Å². The molecule has 0 radical (unpaired) electrons. The van der Waals surface area contributed by atoms with Gasteiger partial charge in [-0.1, -0.05) is 0 Å². The zero-order chi connectivity index (χ0) is 20.2. The normalized spacial score (nSPS) is 16.3. The van der Waals surface area contributed by atoms with E-state index < -0.39 is 0 Å². The minimum atomic E-state index is -0.102. The number of amides is 2. The second-order valence-electron chi connectivity index (χ2n) is 7.05. The van der Waals surface area contributed by atoms with Crippen molar-refractivity contribution in [2.75, 3.05) is 39.2 Å². The number of aromatic nitrogens is 3. The number of methoxy groups -OCH3 is 2. The first kappa shape index (κ1) is 19.2. The molecule has 29 heavy (non-hydrogen) atoms. The van der Waals surface area contributed by atoms with E-state index in [9.17, 15) is 4.79 Å². The van der Waals surface area contributed by atoms with Crippen LogP contribution in [0.5, 0.6) is 5.75 Å². The minimum Gasteiger partial charge on any atom is -0.497 e. The van der Waals surface area contributed by atoms with Crippen molar-refractivity contribution in [2.45, 2.75) is 18.9 Å². The van der Waals surface area contributed by atoms with E-state index in [0.717, 1.165) is 34.8 Å². The Morgan fingerprint density at radius 3 is 2.83 bits per heavy atom. The van der Waals surface area contributed by atoms with Gasteiger partial charge >= 0.3 is 6.03 Å². The van der Waals surface area contributed by atoms with Gasteiger partial charge in [-0.05, 0) is 42.8 Å². The Kier molecular flexibility index (Phi) is 5.62. The number of carbonyl (C=O) groups excluding carboxylic acids is 1. The number of nitrogens with zero attached hydrogens (tertiary/aromatic N) is 4. The second kappa shape index (κ2) is 8.48. The number of ether oxygens (including phenoxy) is 2. The lowest BCUT2D eigenvalue weighted by Gasteiger charge is -2.18. The molecule has 0 unspecified atom stereocenters. The maximum Gasteiger partial charge on any atom is 0.321 e. The van der Waals surface area contributed by atoms with Gasteiger partial charge in [0.15, 0.2) is 5.65 Å². The number of nitrogens with one attached hydrogen (secondary N) is 1. The standard InChI is InChI=1S/C21H25N5O3/c1-28-13-12-26-19(24-18-4-3-10-22-20(18)26)15-9-11-25(14-15)21(27)23-16-5-7-17(29-2)8-6-16/h3-8,10,15H,9,11-14H2,1-2H3,(H,23,27)/t15-/m0/s1. The summed E-state index contributed by atoms with van der Waals surface area (Å²) in [5, 5.41) is 2.95. The number of benzene rings is 1. The van der Waals surface area contributed by atoms with Gasteiger partial charge < -0.3 is 24.3 Å². The second-order valence-corrected chi connectivity index (χ2v) is 7.05. The van der Waals surface area contributed by atoms with Crippen LogP contribution in [0, 0.1) is 0 Å². The summed E-state index contributed by atoms with van der Waals surface area (Å²) in [5.41, 5.74) is 2.48. The fourth-order valence-electron chi connectivity index (χ4n) is 3.72. The molecule has 0 spiro atoms. The topological polar surface area (TPSA) is 81.5 Å². The molecule has 1 atom stereocenters. The Balaban J connectivity index is 1.48. The van der Waals surface area contributed by atoms with Crippen molar-refractivity contribution in [3.8, 4) is 5.75 Å². The van der Waals surface area contributed by atoms with Gasteiger partial charge in [0.05, 0.1) is 13.7 Å². The number of rotatable bonds is 6. The summed E-state index contributed by atoms with van der Waals surface area (Å²) >= 11 is 0. The Bertz CT molecular complexity index is 986. The predicted octanol–water partition coefficient (Wildman–Crippen LogP) is 3.11. The van der Waals surface area contributed by atoms with Crippen molar-refractivity contribution in [1.82, 2.24) is 19.4 Å². The van der Waals surface area contributed by atoms with Gasteiger partial charge in [-0.3, -0.25) is 0 Å². The van der Waals surface area contributed by atoms with Crippen LogP contribution in [0.1, 0.15) is 18.2 Å². The zero-order valence-corrected chi connectivity index (χ0v) is 16.7. The summed E-state index contributed by atoms with van der Waals surface area (Å²) in [5.74, 6) is 1.89. The summed E-state index contributed by atoms with van der Waals surface area (Å²) < 4.78 is 12.5. The Morgan fingerprint density at radius 1 is 1.24 bits per heavy atom. The number of urea groups is 1. The largest absolute Gasteiger partial charge is 0.497 e. The molecule has 1 aromatic carbocycles. The third kappa shape index (κ3) is 4.02. The van der Waals surface area contributed by atoms with Crippen LogP contribution in [-0.2, 0) is 11.3 Å². The van der Waals surface area contributed by atoms with Gasteiger partial charge in [0.25, 0.3) is 0 Å². The maximum atomic E-state index is 12.7. The molecule has 4 rings (SSSR count). The SMILES string of the molecule is COCCn1c([C@H]2CCN(C(=O)Nc3ccc(OC)cc3)C2)nc2cccnc21. The molecule has 1 aliphatic rings. The molecular formula is C21H25N5O3. The molecule has 1 saturated heterocycles. The zero-order valence-electron chi connectivity index (χ0n) is 16.7. The van der Waals surface area contributed by atoms with Gasteiger partial charge in [0, 0.05) is 44.5 Å². The Labute approximate surface area is 169 Å². The van der Waals surface area contributed by atoms with E-state index in [1.807, 2.05) is 41.3 Å². The average molecular weight is 395 g/mol. The Hall–Kier alpha value is -3.13. The van der Waals surface area contributed by atoms with Crippen LogP contribution in [-0.4, -0.2) is 59.4 Å². The number of imidazole rings is 1. The van der Waals surface area contributed by atoms with Crippen molar-refractivity contribution in [1.29, 1.82) is 0 Å². The maximum absolute atomic E-state index is 12.7. The molecule has 2 amide bonds. The molecular weight excluding hydrogens is 370 g/mol. The first-order valence-electron chi connectivity index (χ1n) is 9.69. The molecule has 8 heteroatoms. The number of hydrogen-bond donors (Lipinski definition) is 1. The highest BCUT2D eigenvalue weighted by Crippen LogP contribution is 2.29. The fourth-order valence-corrected chi connectivity index (χ4v) is 3.72. The van der Waals surface area contributed by atoms with E-state index >= 15 is 0 Å². The molecule has 1 aliphatic heterocycles. The highest BCUT2D eigenvalue weighted by atomic mass is 16.5. The monoisotopic (exact) mass is 395 g/mol. The molecule has 0 bridgehead atoms. The molecule has 2 aromatic heterocycles. The summed E-state index contributed by atoms with van der Waals surface area (Å²) in [4.78, 5) is 23.8. The van der Waals surface area contributed by atoms with Crippen LogP contribution in [0.3, 0.4) is 0 Å². The van der Waals surface area contributed by atoms with Gasteiger partial charge in [0.2, 0.25) is 0 Å². The van der Waals surface area contributed by atoms with Gasteiger partial charge in [-0.2, -0.15) is 0 Å². The van der Waals surface area contributed by atoms with Crippen LogP contribution in [0.2, 0.25) is 0 Å². The van der Waals surface area contributed by atoms with Crippen molar-refractivity contribution >= 4 is 22.9 Å². The van der Waals surface area contributed by atoms with Crippen LogP contribution in [0.25, 0.3) is 11.2 Å². The quantitative estimate of drug-likeness (QED) is 0.694. The molecule has 1 N–H and O–H groups in total. The first-order valence-corrected chi connectivity index (χ1v) is 9.69. The summed E-state index contributed by atoms with van der Waals surface area (Å²) in [6.45, 7) is 2.59. The third-order valence-electron chi connectivity index (χ3n) is 5.23. The van der Waals surface area contributed by atoms with E-state index in [2.05, 4.69) is 14.9 Å². The van der Waals surface area contributed by atoms with Crippen LogP contribution in [0.4, 0.5) is 10.5 Å². The van der Waals surface area contributed by atoms with E-state index in [1.165, 1.54) is 0 Å². The van der Waals surface area contributed by atoms with E-state index in [0.29, 0.717) is 26.2 Å². The smallest absolute Gasteiger partial charge is 0.321 e. The molecule has 0 aliphatic carbocycles. The molecule has 1 fully saturated rings. The molecule has 3 heterocycles. The van der Waals surface area contributed by atoms with E-state index in [4.69, 9.17) is 14.5 Å². The minimum absolute atomic E-state index is 0.102. The van der Waals surface area contributed by atoms with Gasteiger partial charge in [-0.15, -0.1) is 0 Å². The van der Waals surface area contributed by atoms with Crippen molar-refractivity contribution in [3.63, 3.8) is 0 Å². The van der Waals surface area contributed by atoms with Crippen LogP contribution in [0.15, 0.2) is 42.6 Å². The number of anilines is 1. The molecule has 0 saturated carbocycles. The number of pyridine rings is 1. The molecule has 3 aromatic rings. The highest BCUT2D eigenvalue weighted by Gasteiger charge is 2.31. The Morgan fingerprint density at radius 2 is 2.07 bits per heavy atom. The fraction of sp³-hybridized carbons (Fsp3) is 0.381. The van der Waals surface area contributed by atoms with E-state index in [-0.39, 0.29) is 11.9 Å². The average Bonchev–Trinajstić information content (AvgIpc) is 3.38. The van der Waals surface area contributed by atoms with Crippen molar-refractivity contribution in [2.24, 2.45) is 0 Å². The predicted molar refractivity (Wildman–Crippen MR) is 110 cm³/mol. The number of carbonyl (C=O) groups is 1. The van der Waals surface area contributed by atoms with Gasteiger partial charge in [-0.25, -0.2) is 14.8 Å². The molecule has 8 nitrogen and oxygen atoms in total. The number of fused-ring (bicyclic) bond motifs is 1. The summed E-state index contributed by atoms with van der Waals surface area (Å²) in [6.07, 6.45) is 2.65. The van der Waals surface area contributed by atoms with Crippen LogP contribution >= 0.6 is 0 Å². The lowest BCUT2D eigenvalue weighted by atomic mass is 10.1. The first-order chi connectivity index (χ1) is 14.2. The summed E-state index contributed by atoms with van der Waals surface area (Å²) in [6, 6.07) is 11.1. The van der Waals surface area contributed by atoms with E-state index in [1.54, 1.807) is 20.4 Å². The number of hydrogen-bond acceptors (Lipinski definition) is 5. The number of likely N-dealkylation sites (tertiary alicyclic amines) is 1. The third-order valence-corrected chi connectivity index (χ3v) is 5.23. The summed E-state index contributed by atoms with van der Waals surface area (Å²) in [7, 11) is 3.31. The molecule has 152 valence electrons. The highest BCUT2D eigenvalue weighted by molar-refractivity contribution is 5.89. The van der Waals surface area contributed by atoms with Crippen LogP contribution < -0.4 is 10.1 Å².